The van der Waals surface area contributed by atoms with E-state index in [1.807, 2.05) is 0 Å². The lowest BCUT2D eigenvalue weighted by atomic mass is 9.72. The van der Waals surface area contributed by atoms with Gasteiger partial charge in [-0.15, -0.1) is 0 Å². The van der Waals surface area contributed by atoms with Crippen LogP contribution in [0.4, 0.5) is 13.2 Å². The summed E-state index contributed by atoms with van der Waals surface area (Å²) in [5, 5.41) is 2.98. The first-order valence-corrected chi connectivity index (χ1v) is 5.39. The highest BCUT2D eigenvalue weighted by Gasteiger charge is 2.55. The normalized spacial score (nSPS) is 20.7. The number of hydrogen-bond acceptors (Lipinski definition) is 1. The molecule has 1 aliphatic heterocycles. The molecule has 1 aliphatic rings. The molecule has 0 amide bonds. The molecule has 4 heteroatoms. The minimum absolute atomic E-state index is 0.126. The van der Waals surface area contributed by atoms with Crippen molar-refractivity contribution >= 4 is 0 Å². The molecule has 88 valence electrons. The van der Waals surface area contributed by atoms with Gasteiger partial charge in [-0.05, 0) is 31.5 Å². The number of halogens is 3. The van der Waals surface area contributed by atoms with E-state index in [4.69, 9.17) is 0 Å². The highest BCUT2D eigenvalue weighted by molar-refractivity contribution is 5.28. The van der Waals surface area contributed by atoms with Gasteiger partial charge in [-0.1, -0.05) is 30.3 Å². The van der Waals surface area contributed by atoms with Gasteiger partial charge in [0, 0.05) is 0 Å². The molecule has 2 rings (SSSR count). The van der Waals surface area contributed by atoms with Gasteiger partial charge in [-0.3, -0.25) is 0 Å². The van der Waals surface area contributed by atoms with E-state index in [1.165, 1.54) is 0 Å². The second-order valence-corrected chi connectivity index (χ2v) is 4.20. The summed E-state index contributed by atoms with van der Waals surface area (Å²) in [4.78, 5) is 0. The van der Waals surface area contributed by atoms with Crippen LogP contribution in [-0.2, 0) is 5.41 Å². The van der Waals surface area contributed by atoms with Gasteiger partial charge in [-0.2, -0.15) is 13.2 Å². The largest absolute Gasteiger partial charge is 0.398 e. The van der Waals surface area contributed by atoms with Gasteiger partial charge in [0.2, 0.25) is 0 Å². The van der Waals surface area contributed by atoms with Crippen LogP contribution in [0.5, 0.6) is 0 Å². The molecular formula is C12H14F3N. The number of rotatable bonds is 1. The average Bonchev–Trinajstić information content (AvgIpc) is 2.30. The van der Waals surface area contributed by atoms with Gasteiger partial charge in [0.25, 0.3) is 0 Å². The van der Waals surface area contributed by atoms with Crippen molar-refractivity contribution in [3.05, 3.63) is 35.9 Å². The lowest BCUT2D eigenvalue weighted by Gasteiger charge is -2.39. The number of hydrogen-bond donors (Lipinski definition) is 1. The SMILES string of the molecule is FC(F)(F)C1(c2ccccc2)CCNCC1. The van der Waals surface area contributed by atoms with Crippen LogP contribution in [0.2, 0.25) is 0 Å². The van der Waals surface area contributed by atoms with Crippen molar-refractivity contribution in [2.75, 3.05) is 13.1 Å². The van der Waals surface area contributed by atoms with Gasteiger partial charge in [0.1, 0.15) is 0 Å². The van der Waals surface area contributed by atoms with Crippen molar-refractivity contribution in [3.8, 4) is 0 Å². The molecule has 1 aromatic carbocycles. The summed E-state index contributed by atoms with van der Waals surface area (Å²) in [6, 6.07) is 8.25. The predicted molar refractivity (Wildman–Crippen MR) is 56.3 cm³/mol. The zero-order valence-corrected chi connectivity index (χ0v) is 8.85. The van der Waals surface area contributed by atoms with Crippen LogP contribution in [0.3, 0.4) is 0 Å². The highest BCUT2D eigenvalue weighted by Crippen LogP contribution is 2.47. The van der Waals surface area contributed by atoms with Crippen molar-refractivity contribution in [1.82, 2.24) is 5.32 Å². The van der Waals surface area contributed by atoms with Crippen molar-refractivity contribution < 1.29 is 13.2 Å². The fraction of sp³-hybridized carbons (Fsp3) is 0.500. The Bertz CT molecular complexity index is 339. The molecule has 0 bridgehead atoms. The molecule has 1 nitrogen and oxygen atoms in total. The van der Waals surface area contributed by atoms with Crippen molar-refractivity contribution in [3.63, 3.8) is 0 Å². The molecule has 0 spiro atoms. The van der Waals surface area contributed by atoms with Crippen LogP contribution < -0.4 is 5.32 Å². The van der Waals surface area contributed by atoms with Crippen molar-refractivity contribution in [2.24, 2.45) is 0 Å². The van der Waals surface area contributed by atoms with E-state index < -0.39 is 11.6 Å². The van der Waals surface area contributed by atoms with Gasteiger partial charge in [-0.25, -0.2) is 0 Å². The van der Waals surface area contributed by atoms with E-state index in [0.717, 1.165) is 0 Å². The third-order valence-corrected chi connectivity index (χ3v) is 3.33. The maximum atomic E-state index is 13.3. The second-order valence-electron chi connectivity index (χ2n) is 4.20. The van der Waals surface area contributed by atoms with Crippen LogP contribution in [0.15, 0.2) is 30.3 Å². The lowest BCUT2D eigenvalue weighted by Crippen LogP contribution is -2.49. The van der Waals surface area contributed by atoms with Crippen LogP contribution in [0.1, 0.15) is 18.4 Å². The molecule has 0 atom stereocenters. The van der Waals surface area contributed by atoms with E-state index in [0.29, 0.717) is 18.7 Å². The van der Waals surface area contributed by atoms with E-state index in [-0.39, 0.29) is 12.8 Å². The third-order valence-electron chi connectivity index (χ3n) is 3.33. The van der Waals surface area contributed by atoms with E-state index >= 15 is 0 Å². The molecule has 0 aromatic heterocycles. The topological polar surface area (TPSA) is 12.0 Å². The first-order chi connectivity index (χ1) is 7.56. The Balaban J connectivity index is 2.42. The fourth-order valence-corrected chi connectivity index (χ4v) is 2.35. The zero-order valence-electron chi connectivity index (χ0n) is 8.85. The van der Waals surface area contributed by atoms with Crippen LogP contribution in [0.25, 0.3) is 0 Å². The lowest BCUT2D eigenvalue weighted by molar-refractivity contribution is -0.197. The number of alkyl halides is 3. The first-order valence-electron chi connectivity index (χ1n) is 5.39. The molecule has 1 saturated heterocycles. The van der Waals surface area contributed by atoms with Crippen molar-refractivity contribution in [1.29, 1.82) is 0 Å². The Morgan fingerprint density at radius 2 is 1.56 bits per heavy atom. The summed E-state index contributed by atoms with van der Waals surface area (Å²) < 4.78 is 39.8. The highest BCUT2D eigenvalue weighted by atomic mass is 19.4. The summed E-state index contributed by atoms with van der Waals surface area (Å²) in [7, 11) is 0. The van der Waals surface area contributed by atoms with E-state index in [9.17, 15) is 13.2 Å². The smallest absolute Gasteiger partial charge is 0.317 e. The molecular weight excluding hydrogens is 215 g/mol. The Morgan fingerprint density at radius 1 is 1.00 bits per heavy atom. The molecule has 0 aliphatic carbocycles. The summed E-state index contributed by atoms with van der Waals surface area (Å²) in [6.07, 6.45) is -3.92. The molecule has 16 heavy (non-hydrogen) atoms. The first kappa shape index (κ1) is 11.5. The third kappa shape index (κ3) is 1.82. The minimum Gasteiger partial charge on any atom is -0.317 e. The van der Waals surface area contributed by atoms with Gasteiger partial charge >= 0.3 is 6.18 Å². The zero-order chi connectivity index (χ0) is 11.6. The summed E-state index contributed by atoms with van der Waals surface area (Å²) >= 11 is 0. The quantitative estimate of drug-likeness (QED) is 0.780. The minimum atomic E-state index is -4.17. The molecule has 1 N–H and O–H groups in total. The van der Waals surface area contributed by atoms with Gasteiger partial charge < -0.3 is 5.32 Å². The summed E-state index contributed by atoms with van der Waals surface area (Å²) in [5.74, 6) is 0. The van der Waals surface area contributed by atoms with Crippen LogP contribution >= 0.6 is 0 Å². The Kier molecular flexibility index (Phi) is 2.93. The Morgan fingerprint density at radius 3 is 2.06 bits per heavy atom. The Hall–Kier alpha value is -1.03. The van der Waals surface area contributed by atoms with E-state index in [1.54, 1.807) is 30.3 Å². The standard InChI is InChI=1S/C12H14F3N/c13-12(14,15)11(6-8-16-9-7-11)10-4-2-1-3-5-10/h1-5,16H,6-9H2. The average molecular weight is 229 g/mol. The molecule has 1 heterocycles. The maximum Gasteiger partial charge on any atom is 0.398 e. The predicted octanol–water partition coefficient (Wildman–Crippen LogP) is 2.87. The van der Waals surface area contributed by atoms with Gasteiger partial charge in [0.05, 0.1) is 5.41 Å². The van der Waals surface area contributed by atoms with E-state index in [2.05, 4.69) is 5.32 Å². The van der Waals surface area contributed by atoms with Crippen LogP contribution in [-0.4, -0.2) is 19.3 Å². The molecule has 0 saturated carbocycles. The molecule has 1 aromatic rings. The summed E-state index contributed by atoms with van der Waals surface area (Å²) in [5.41, 5.74) is -1.26. The Labute approximate surface area is 92.7 Å². The number of nitrogens with one attached hydrogen (secondary N) is 1. The number of piperidine rings is 1. The molecule has 0 unspecified atom stereocenters. The second kappa shape index (κ2) is 4.09. The van der Waals surface area contributed by atoms with Gasteiger partial charge in [0.15, 0.2) is 0 Å². The molecule has 0 radical (unpaired) electrons. The van der Waals surface area contributed by atoms with Crippen molar-refractivity contribution in [2.45, 2.75) is 24.4 Å². The maximum absolute atomic E-state index is 13.3. The summed E-state index contributed by atoms with van der Waals surface area (Å²) in [6.45, 7) is 0.850. The monoisotopic (exact) mass is 229 g/mol. The number of benzene rings is 1. The fourth-order valence-electron chi connectivity index (χ4n) is 2.35. The van der Waals surface area contributed by atoms with Crippen LogP contribution in [0, 0.1) is 0 Å². The molecule has 1 fully saturated rings.